The highest BCUT2D eigenvalue weighted by molar-refractivity contribution is 7.89. The Hall–Kier alpha value is -1.35. The van der Waals surface area contributed by atoms with Gasteiger partial charge in [0.1, 0.15) is 6.61 Å². The van der Waals surface area contributed by atoms with E-state index in [9.17, 15) is 8.42 Å². The van der Waals surface area contributed by atoms with Crippen molar-refractivity contribution in [3.05, 3.63) is 29.8 Å². The quantitative estimate of drug-likeness (QED) is 0.788. The Balaban J connectivity index is 2.87. The van der Waals surface area contributed by atoms with E-state index < -0.39 is 10.0 Å². The van der Waals surface area contributed by atoms with E-state index in [1.165, 1.54) is 12.1 Å². The highest BCUT2D eigenvalue weighted by atomic mass is 32.2. The van der Waals surface area contributed by atoms with Crippen molar-refractivity contribution in [2.45, 2.75) is 44.0 Å². The molecule has 0 aromatic heterocycles. The standard InChI is InChI=1S/C15H21NO3S/c1-3-6-14(4-2)16-20(18,19)15-10-8-13(9-11-15)7-5-12-17/h8-11,14,16-17H,3-4,6,12H2,1-2H3. The molecule has 1 unspecified atom stereocenters. The zero-order valence-electron chi connectivity index (χ0n) is 11.9. The van der Waals surface area contributed by atoms with Crippen LogP contribution in [0.1, 0.15) is 38.7 Å². The van der Waals surface area contributed by atoms with E-state index in [2.05, 4.69) is 16.6 Å². The summed E-state index contributed by atoms with van der Waals surface area (Å²) in [5, 5.41) is 8.61. The summed E-state index contributed by atoms with van der Waals surface area (Å²) in [6, 6.07) is 6.31. The summed E-state index contributed by atoms with van der Waals surface area (Å²) in [6.45, 7) is 3.79. The van der Waals surface area contributed by atoms with Crippen LogP contribution < -0.4 is 4.72 Å². The van der Waals surface area contributed by atoms with Crippen LogP contribution in [0.15, 0.2) is 29.2 Å². The Morgan fingerprint density at radius 2 is 1.90 bits per heavy atom. The van der Waals surface area contributed by atoms with Crippen molar-refractivity contribution in [3.8, 4) is 11.8 Å². The number of rotatable bonds is 6. The fraction of sp³-hybridized carbons (Fsp3) is 0.467. The molecule has 2 N–H and O–H groups in total. The molecule has 0 aliphatic rings. The van der Waals surface area contributed by atoms with Crippen LogP contribution in [-0.2, 0) is 10.0 Å². The van der Waals surface area contributed by atoms with Crippen LogP contribution in [0.25, 0.3) is 0 Å². The molecule has 1 aromatic carbocycles. The van der Waals surface area contributed by atoms with Crippen molar-refractivity contribution in [3.63, 3.8) is 0 Å². The molecule has 0 spiro atoms. The van der Waals surface area contributed by atoms with Crippen LogP contribution in [0.3, 0.4) is 0 Å². The van der Waals surface area contributed by atoms with Gasteiger partial charge in [-0.3, -0.25) is 0 Å². The first-order valence-electron chi connectivity index (χ1n) is 6.75. The summed E-state index contributed by atoms with van der Waals surface area (Å²) in [7, 11) is -3.48. The van der Waals surface area contributed by atoms with Crippen molar-refractivity contribution in [2.24, 2.45) is 0 Å². The van der Waals surface area contributed by atoms with Gasteiger partial charge in [-0.05, 0) is 37.1 Å². The van der Waals surface area contributed by atoms with Crippen LogP contribution in [0.2, 0.25) is 0 Å². The number of hydrogen-bond acceptors (Lipinski definition) is 3. The second-order valence-corrected chi connectivity index (χ2v) is 6.21. The molecule has 0 saturated heterocycles. The average Bonchev–Trinajstić information content (AvgIpc) is 2.45. The molecule has 1 rings (SSSR count). The number of nitrogens with one attached hydrogen (secondary N) is 1. The Labute approximate surface area is 121 Å². The highest BCUT2D eigenvalue weighted by Gasteiger charge is 2.18. The summed E-state index contributed by atoms with van der Waals surface area (Å²) >= 11 is 0. The van der Waals surface area contributed by atoms with E-state index in [0.717, 1.165) is 19.3 Å². The van der Waals surface area contributed by atoms with E-state index in [0.29, 0.717) is 5.56 Å². The molecule has 110 valence electrons. The minimum Gasteiger partial charge on any atom is -0.384 e. The van der Waals surface area contributed by atoms with E-state index in [-0.39, 0.29) is 17.5 Å². The van der Waals surface area contributed by atoms with Gasteiger partial charge in [-0.15, -0.1) is 0 Å². The Morgan fingerprint density at radius 3 is 2.40 bits per heavy atom. The van der Waals surface area contributed by atoms with Gasteiger partial charge >= 0.3 is 0 Å². The number of hydrogen-bond donors (Lipinski definition) is 2. The molecule has 0 bridgehead atoms. The first-order valence-corrected chi connectivity index (χ1v) is 8.24. The third kappa shape index (κ3) is 4.97. The predicted octanol–water partition coefficient (Wildman–Crippen LogP) is 1.89. The molecule has 0 saturated carbocycles. The van der Waals surface area contributed by atoms with E-state index >= 15 is 0 Å². The van der Waals surface area contributed by atoms with Gasteiger partial charge in [0.25, 0.3) is 0 Å². The van der Waals surface area contributed by atoms with Crippen LogP contribution >= 0.6 is 0 Å². The minimum atomic E-state index is -3.48. The zero-order chi connectivity index (χ0) is 15.0. The largest absolute Gasteiger partial charge is 0.384 e. The highest BCUT2D eigenvalue weighted by Crippen LogP contribution is 2.12. The van der Waals surface area contributed by atoms with E-state index in [1.54, 1.807) is 12.1 Å². The van der Waals surface area contributed by atoms with Gasteiger partial charge in [-0.25, -0.2) is 13.1 Å². The van der Waals surface area contributed by atoms with Crippen molar-refractivity contribution in [1.29, 1.82) is 0 Å². The fourth-order valence-electron chi connectivity index (χ4n) is 1.84. The average molecular weight is 295 g/mol. The zero-order valence-corrected chi connectivity index (χ0v) is 12.7. The van der Waals surface area contributed by atoms with Crippen molar-refractivity contribution < 1.29 is 13.5 Å². The van der Waals surface area contributed by atoms with Gasteiger partial charge in [0.2, 0.25) is 10.0 Å². The van der Waals surface area contributed by atoms with Gasteiger partial charge in [-0.1, -0.05) is 32.1 Å². The Morgan fingerprint density at radius 1 is 1.25 bits per heavy atom. The van der Waals surface area contributed by atoms with Crippen molar-refractivity contribution >= 4 is 10.0 Å². The Bertz CT molecular complexity index is 567. The topological polar surface area (TPSA) is 66.4 Å². The molecule has 0 radical (unpaired) electrons. The van der Waals surface area contributed by atoms with Crippen LogP contribution in [0, 0.1) is 11.8 Å². The molecular formula is C15H21NO3S. The molecule has 0 amide bonds. The lowest BCUT2D eigenvalue weighted by atomic mass is 10.1. The summed E-state index contributed by atoms with van der Waals surface area (Å²) in [4.78, 5) is 0.238. The van der Waals surface area contributed by atoms with Gasteiger partial charge in [-0.2, -0.15) is 0 Å². The van der Waals surface area contributed by atoms with Gasteiger partial charge in [0.05, 0.1) is 4.90 Å². The SMILES string of the molecule is CCCC(CC)NS(=O)(=O)c1ccc(C#CCO)cc1. The minimum absolute atomic E-state index is 0.0288. The van der Waals surface area contributed by atoms with Crippen molar-refractivity contribution in [1.82, 2.24) is 4.72 Å². The molecule has 0 fully saturated rings. The molecule has 20 heavy (non-hydrogen) atoms. The normalized spacial score (nSPS) is 12.6. The lowest BCUT2D eigenvalue weighted by Crippen LogP contribution is -2.34. The van der Waals surface area contributed by atoms with E-state index in [1.807, 2.05) is 13.8 Å². The number of sulfonamides is 1. The third-order valence-electron chi connectivity index (χ3n) is 2.93. The first kappa shape index (κ1) is 16.7. The number of aliphatic hydroxyl groups excluding tert-OH is 1. The Kier molecular flexibility index (Phi) is 6.73. The molecule has 5 heteroatoms. The molecule has 0 heterocycles. The lowest BCUT2D eigenvalue weighted by Gasteiger charge is -2.16. The van der Waals surface area contributed by atoms with Gasteiger partial charge < -0.3 is 5.11 Å². The summed E-state index contributed by atoms with van der Waals surface area (Å²) < 4.78 is 27.1. The van der Waals surface area contributed by atoms with Crippen LogP contribution in [-0.4, -0.2) is 26.2 Å². The second kappa shape index (κ2) is 8.05. The second-order valence-electron chi connectivity index (χ2n) is 4.50. The first-order chi connectivity index (χ1) is 9.53. The number of aliphatic hydroxyl groups is 1. The van der Waals surface area contributed by atoms with Gasteiger partial charge in [0, 0.05) is 11.6 Å². The summed E-state index contributed by atoms with van der Waals surface area (Å²) in [5.74, 6) is 5.25. The molecule has 1 atom stereocenters. The fourth-order valence-corrected chi connectivity index (χ4v) is 3.20. The summed E-state index contributed by atoms with van der Waals surface area (Å²) in [5.41, 5.74) is 0.679. The molecule has 0 aliphatic carbocycles. The number of benzene rings is 1. The molecule has 1 aromatic rings. The maximum atomic E-state index is 12.2. The molecular weight excluding hydrogens is 274 g/mol. The molecule has 4 nitrogen and oxygen atoms in total. The maximum Gasteiger partial charge on any atom is 0.240 e. The predicted molar refractivity (Wildman–Crippen MR) is 79.7 cm³/mol. The smallest absolute Gasteiger partial charge is 0.240 e. The van der Waals surface area contributed by atoms with Gasteiger partial charge in [0.15, 0.2) is 0 Å². The third-order valence-corrected chi connectivity index (χ3v) is 4.46. The van der Waals surface area contributed by atoms with Crippen LogP contribution in [0.5, 0.6) is 0 Å². The van der Waals surface area contributed by atoms with Crippen LogP contribution in [0.4, 0.5) is 0 Å². The molecule has 0 aliphatic heterocycles. The maximum absolute atomic E-state index is 12.2. The van der Waals surface area contributed by atoms with E-state index in [4.69, 9.17) is 5.11 Å². The summed E-state index contributed by atoms with van der Waals surface area (Å²) in [6.07, 6.45) is 2.54. The monoisotopic (exact) mass is 295 g/mol. The lowest BCUT2D eigenvalue weighted by molar-refractivity contribution is 0.350. The van der Waals surface area contributed by atoms with Crippen molar-refractivity contribution in [2.75, 3.05) is 6.61 Å².